The third kappa shape index (κ3) is 2.79. The average Bonchev–Trinajstić information content (AvgIpc) is 2.95. The largest absolute Gasteiger partial charge is 0.493 e. The van der Waals surface area contributed by atoms with E-state index in [1.54, 1.807) is 27.7 Å². The van der Waals surface area contributed by atoms with Gasteiger partial charge in [0.05, 0.1) is 21.3 Å². The van der Waals surface area contributed by atoms with Gasteiger partial charge in [0.25, 0.3) is 0 Å². The Balaban J connectivity index is 2.63. The Morgan fingerprint density at radius 1 is 0.952 bits per heavy atom. The zero-order valence-corrected chi connectivity index (χ0v) is 13.3. The average molecular weight is 291 g/mol. The van der Waals surface area contributed by atoms with Crippen molar-refractivity contribution in [3.8, 4) is 28.6 Å². The smallest absolute Gasteiger partial charge is 0.203 e. The fourth-order valence-electron chi connectivity index (χ4n) is 2.13. The van der Waals surface area contributed by atoms with Crippen molar-refractivity contribution in [3.05, 3.63) is 18.5 Å². The molecule has 2 aromatic rings. The van der Waals surface area contributed by atoms with E-state index in [0.29, 0.717) is 17.2 Å². The maximum Gasteiger partial charge on any atom is 0.203 e. The van der Waals surface area contributed by atoms with Crippen molar-refractivity contribution in [3.63, 3.8) is 0 Å². The number of rotatable bonds is 4. The van der Waals surface area contributed by atoms with Crippen LogP contribution in [0.15, 0.2) is 18.5 Å². The van der Waals surface area contributed by atoms with Crippen LogP contribution in [-0.4, -0.2) is 36.1 Å². The van der Waals surface area contributed by atoms with Gasteiger partial charge in [0, 0.05) is 11.1 Å². The molecule has 1 heterocycles. The zero-order chi connectivity index (χ0) is 15.6. The molecule has 0 N–H and O–H groups in total. The normalized spacial score (nSPS) is 11.3. The van der Waals surface area contributed by atoms with Crippen molar-refractivity contribution in [2.75, 3.05) is 21.3 Å². The Labute approximate surface area is 124 Å². The minimum atomic E-state index is -0.126. The first-order valence-electron chi connectivity index (χ1n) is 6.63. The summed E-state index contributed by atoms with van der Waals surface area (Å²) in [5.41, 5.74) is 0.733. The van der Waals surface area contributed by atoms with Gasteiger partial charge >= 0.3 is 0 Å². The molecule has 0 bridgehead atoms. The highest BCUT2D eigenvalue weighted by Gasteiger charge is 2.21. The monoisotopic (exact) mass is 291 g/mol. The lowest BCUT2D eigenvalue weighted by Gasteiger charge is -2.23. The molecule has 0 radical (unpaired) electrons. The fraction of sp³-hybridized carbons (Fsp3) is 0.467. The van der Waals surface area contributed by atoms with Crippen LogP contribution in [0.5, 0.6) is 17.2 Å². The van der Waals surface area contributed by atoms with Gasteiger partial charge in [-0.25, -0.2) is 0 Å². The van der Waals surface area contributed by atoms with Crippen LogP contribution >= 0.6 is 0 Å². The van der Waals surface area contributed by atoms with Crippen LogP contribution in [0.25, 0.3) is 11.4 Å². The number of benzene rings is 1. The molecule has 0 aliphatic rings. The third-order valence-electron chi connectivity index (χ3n) is 3.19. The summed E-state index contributed by atoms with van der Waals surface area (Å²) in [7, 11) is 4.77. The molecule has 0 atom stereocenters. The molecule has 0 fully saturated rings. The minimum Gasteiger partial charge on any atom is -0.493 e. The predicted molar refractivity (Wildman–Crippen MR) is 80.1 cm³/mol. The van der Waals surface area contributed by atoms with Gasteiger partial charge in [0.15, 0.2) is 17.3 Å². The Hall–Kier alpha value is -2.24. The van der Waals surface area contributed by atoms with E-state index in [-0.39, 0.29) is 5.54 Å². The standard InChI is InChI=1S/C15H21N3O3/c1-15(2,3)18-9-16-17-14(18)10-7-11(19-4)13(21-6)12(8-10)20-5/h7-9H,1-6H3. The molecule has 0 aliphatic carbocycles. The lowest BCUT2D eigenvalue weighted by Crippen LogP contribution is -2.21. The lowest BCUT2D eigenvalue weighted by atomic mass is 10.1. The van der Waals surface area contributed by atoms with Gasteiger partial charge in [-0.15, -0.1) is 10.2 Å². The van der Waals surface area contributed by atoms with E-state index in [0.717, 1.165) is 11.4 Å². The first-order chi connectivity index (χ1) is 9.92. The van der Waals surface area contributed by atoms with Gasteiger partial charge in [0.1, 0.15) is 6.33 Å². The molecule has 6 heteroatoms. The van der Waals surface area contributed by atoms with Crippen molar-refractivity contribution in [1.82, 2.24) is 14.8 Å². The molecule has 0 saturated carbocycles. The second-order valence-corrected chi connectivity index (χ2v) is 5.61. The molecule has 0 amide bonds. The Bertz CT molecular complexity index is 604. The lowest BCUT2D eigenvalue weighted by molar-refractivity contribution is 0.324. The van der Waals surface area contributed by atoms with E-state index >= 15 is 0 Å². The van der Waals surface area contributed by atoms with Crippen molar-refractivity contribution < 1.29 is 14.2 Å². The van der Waals surface area contributed by atoms with Crippen molar-refractivity contribution >= 4 is 0 Å². The summed E-state index contributed by atoms with van der Waals surface area (Å²) >= 11 is 0. The molecule has 0 aliphatic heterocycles. The topological polar surface area (TPSA) is 58.4 Å². The van der Waals surface area contributed by atoms with Crippen molar-refractivity contribution in [2.45, 2.75) is 26.3 Å². The van der Waals surface area contributed by atoms with E-state index in [1.807, 2.05) is 16.7 Å². The van der Waals surface area contributed by atoms with Gasteiger partial charge in [-0.1, -0.05) is 0 Å². The van der Waals surface area contributed by atoms with Crippen molar-refractivity contribution in [1.29, 1.82) is 0 Å². The van der Waals surface area contributed by atoms with Crippen LogP contribution < -0.4 is 14.2 Å². The van der Waals surface area contributed by atoms with Gasteiger partial charge in [-0.05, 0) is 32.9 Å². The van der Waals surface area contributed by atoms with Gasteiger partial charge < -0.3 is 18.8 Å². The number of nitrogens with zero attached hydrogens (tertiary/aromatic N) is 3. The van der Waals surface area contributed by atoms with Crippen molar-refractivity contribution in [2.24, 2.45) is 0 Å². The van der Waals surface area contributed by atoms with Crippen LogP contribution in [0.3, 0.4) is 0 Å². The highest BCUT2D eigenvalue weighted by Crippen LogP contribution is 2.41. The summed E-state index contributed by atoms with van der Waals surface area (Å²) in [5, 5.41) is 8.24. The molecule has 1 aromatic heterocycles. The second-order valence-electron chi connectivity index (χ2n) is 5.61. The number of hydrogen-bond donors (Lipinski definition) is 0. The summed E-state index contributed by atoms with van der Waals surface area (Å²) in [6.07, 6.45) is 1.72. The first-order valence-corrected chi connectivity index (χ1v) is 6.63. The summed E-state index contributed by atoms with van der Waals surface area (Å²) in [4.78, 5) is 0. The number of hydrogen-bond acceptors (Lipinski definition) is 5. The van der Waals surface area contributed by atoms with Crippen LogP contribution in [0.1, 0.15) is 20.8 Å². The summed E-state index contributed by atoms with van der Waals surface area (Å²) in [5.74, 6) is 2.50. The molecule has 1 aromatic carbocycles. The number of methoxy groups -OCH3 is 3. The quantitative estimate of drug-likeness (QED) is 0.867. The van der Waals surface area contributed by atoms with Crippen LogP contribution in [0, 0.1) is 0 Å². The third-order valence-corrected chi connectivity index (χ3v) is 3.19. The Kier molecular flexibility index (Phi) is 4.06. The molecule has 114 valence electrons. The predicted octanol–water partition coefficient (Wildman–Crippen LogP) is 2.73. The highest BCUT2D eigenvalue weighted by molar-refractivity contribution is 5.66. The van der Waals surface area contributed by atoms with E-state index in [2.05, 4.69) is 31.0 Å². The summed E-state index contributed by atoms with van der Waals surface area (Å²) in [6.45, 7) is 6.29. The van der Waals surface area contributed by atoms with Crippen LogP contribution in [-0.2, 0) is 5.54 Å². The minimum absolute atomic E-state index is 0.126. The van der Waals surface area contributed by atoms with Gasteiger partial charge in [0.2, 0.25) is 5.75 Å². The van der Waals surface area contributed by atoms with E-state index < -0.39 is 0 Å². The Morgan fingerprint density at radius 2 is 1.52 bits per heavy atom. The molecule has 2 rings (SSSR count). The van der Waals surface area contributed by atoms with Crippen LogP contribution in [0.4, 0.5) is 0 Å². The summed E-state index contributed by atoms with van der Waals surface area (Å²) in [6, 6.07) is 3.74. The molecule has 0 spiro atoms. The molecule has 0 unspecified atom stereocenters. The SMILES string of the molecule is COc1cc(-c2nncn2C(C)(C)C)cc(OC)c1OC. The highest BCUT2D eigenvalue weighted by atomic mass is 16.5. The molecule has 0 saturated heterocycles. The van der Waals surface area contributed by atoms with E-state index in [1.165, 1.54) is 0 Å². The molecule has 21 heavy (non-hydrogen) atoms. The second kappa shape index (κ2) is 5.63. The first kappa shape index (κ1) is 15.2. The maximum absolute atomic E-state index is 5.38. The molecular formula is C15H21N3O3. The maximum atomic E-state index is 5.38. The van der Waals surface area contributed by atoms with Crippen LogP contribution in [0.2, 0.25) is 0 Å². The number of aromatic nitrogens is 3. The van der Waals surface area contributed by atoms with E-state index in [9.17, 15) is 0 Å². The fourth-order valence-corrected chi connectivity index (χ4v) is 2.13. The van der Waals surface area contributed by atoms with E-state index in [4.69, 9.17) is 14.2 Å². The number of ether oxygens (including phenoxy) is 3. The molecule has 6 nitrogen and oxygen atoms in total. The zero-order valence-electron chi connectivity index (χ0n) is 13.3. The Morgan fingerprint density at radius 3 is 1.95 bits per heavy atom. The molecular weight excluding hydrogens is 270 g/mol. The summed E-state index contributed by atoms with van der Waals surface area (Å²) < 4.78 is 18.1. The van der Waals surface area contributed by atoms with Gasteiger partial charge in [-0.2, -0.15) is 0 Å². The van der Waals surface area contributed by atoms with Gasteiger partial charge in [-0.3, -0.25) is 0 Å².